The van der Waals surface area contributed by atoms with Crippen LogP contribution in [0.5, 0.6) is 5.75 Å². The molecule has 0 bridgehead atoms. The summed E-state index contributed by atoms with van der Waals surface area (Å²) in [5.74, 6) is 0.620. The highest BCUT2D eigenvalue weighted by molar-refractivity contribution is 7.22. The Labute approximate surface area is 191 Å². The fraction of sp³-hybridized carbons (Fsp3) is 0.417. The molecule has 1 aliphatic rings. The average molecular weight is 459 g/mol. The Morgan fingerprint density at radius 3 is 3.00 bits per heavy atom. The summed E-state index contributed by atoms with van der Waals surface area (Å²) >= 11 is 7.62. The van der Waals surface area contributed by atoms with Crippen LogP contribution < -0.4 is 9.64 Å². The van der Waals surface area contributed by atoms with Crippen LogP contribution in [0.3, 0.4) is 0 Å². The highest BCUT2D eigenvalue weighted by Crippen LogP contribution is 2.32. The lowest BCUT2D eigenvalue weighted by atomic mass is 10.1. The van der Waals surface area contributed by atoms with E-state index >= 15 is 0 Å². The first-order valence-corrected chi connectivity index (χ1v) is 12.1. The molecule has 7 heteroatoms. The third-order valence-corrected chi connectivity index (χ3v) is 6.60. The van der Waals surface area contributed by atoms with Gasteiger partial charge in [-0.25, -0.2) is 4.98 Å². The quantitative estimate of drug-likeness (QED) is 0.351. The van der Waals surface area contributed by atoms with Crippen LogP contribution in [0.2, 0.25) is 5.02 Å². The van der Waals surface area contributed by atoms with Gasteiger partial charge in [-0.15, -0.1) is 0 Å². The number of aromatic nitrogens is 1. The normalized spacial score (nSPS) is 16.0. The lowest BCUT2D eigenvalue weighted by Gasteiger charge is -2.23. The number of unbranched alkanes of at least 4 members (excludes halogenated alkanes) is 2. The number of halogens is 1. The van der Waals surface area contributed by atoms with Crippen LogP contribution in [0.25, 0.3) is 10.2 Å². The van der Waals surface area contributed by atoms with Crippen molar-refractivity contribution in [3.63, 3.8) is 0 Å². The number of rotatable bonds is 9. The molecule has 0 saturated carbocycles. The molecular weight excluding hydrogens is 432 g/mol. The summed E-state index contributed by atoms with van der Waals surface area (Å²) in [6, 6.07) is 13.0. The van der Waals surface area contributed by atoms with E-state index in [2.05, 4.69) is 6.92 Å². The number of carbonyl (C=O) groups is 1. The summed E-state index contributed by atoms with van der Waals surface area (Å²) in [5, 5.41) is 1.32. The highest BCUT2D eigenvalue weighted by Gasteiger charge is 2.27. The Bertz CT molecular complexity index is 1030. The molecule has 1 fully saturated rings. The summed E-state index contributed by atoms with van der Waals surface area (Å²) in [6.07, 6.45) is 5.27. The Kier molecular flexibility index (Phi) is 7.43. The molecule has 1 aliphatic heterocycles. The van der Waals surface area contributed by atoms with E-state index in [-0.39, 0.29) is 12.0 Å². The molecule has 1 aromatic heterocycles. The average Bonchev–Trinajstić information content (AvgIpc) is 3.44. The standard InChI is InChI=1S/C24H27ClN2O3S/c1-2-3-4-12-29-19-8-5-7-17(14-19)23(28)27(16-20-9-6-13-30-20)24-26-21-11-10-18(25)15-22(21)31-24/h5,7-8,10-11,14-15,20H,2-4,6,9,12-13,16H2,1H3. The van der Waals surface area contributed by atoms with Crippen molar-refractivity contribution in [2.75, 3.05) is 24.7 Å². The molecule has 3 aromatic rings. The van der Waals surface area contributed by atoms with Gasteiger partial charge in [-0.05, 0) is 55.7 Å². The number of thiazole rings is 1. The van der Waals surface area contributed by atoms with E-state index in [1.54, 1.807) is 4.90 Å². The number of fused-ring (bicyclic) bond motifs is 1. The number of hydrogen-bond donors (Lipinski definition) is 0. The SMILES string of the molecule is CCCCCOc1cccc(C(=O)N(CC2CCCO2)c2nc3ccc(Cl)cc3s2)c1. The maximum atomic E-state index is 13.6. The van der Waals surface area contributed by atoms with Crippen molar-refractivity contribution in [2.24, 2.45) is 0 Å². The Morgan fingerprint density at radius 1 is 1.29 bits per heavy atom. The molecular formula is C24H27ClN2O3S. The number of nitrogens with zero attached hydrogens (tertiary/aromatic N) is 2. The van der Waals surface area contributed by atoms with Crippen LogP contribution in [0.4, 0.5) is 5.13 Å². The van der Waals surface area contributed by atoms with E-state index in [1.165, 1.54) is 11.3 Å². The zero-order chi connectivity index (χ0) is 21.6. The van der Waals surface area contributed by atoms with Gasteiger partial charge in [0.2, 0.25) is 0 Å². The van der Waals surface area contributed by atoms with Crippen LogP contribution in [-0.2, 0) is 4.74 Å². The zero-order valence-electron chi connectivity index (χ0n) is 17.7. The van der Waals surface area contributed by atoms with Gasteiger partial charge in [-0.3, -0.25) is 9.69 Å². The first kappa shape index (κ1) is 22.1. The van der Waals surface area contributed by atoms with E-state index in [0.29, 0.717) is 28.9 Å². The van der Waals surface area contributed by atoms with Crippen LogP contribution in [0.15, 0.2) is 42.5 Å². The largest absolute Gasteiger partial charge is 0.494 e. The second-order valence-corrected chi connectivity index (χ2v) is 9.19. The van der Waals surface area contributed by atoms with Crippen molar-refractivity contribution >= 4 is 44.2 Å². The summed E-state index contributed by atoms with van der Waals surface area (Å²) in [6.45, 7) is 4.04. The Balaban J connectivity index is 1.59. The van der Waals surface area contributed by atoms with E-state index in [4.69, 9.17) is 26.1 Å². The maximum absolute atomic E-state index is 13.6. The van der Waals surface area contributed by atoms with Gasteiger partial charge in [0.05, 0.1) is 29.5 Å². The maximum Gasteiger partial charge on any atom is 0.260 e. The monoisotopic (exact) mass is 458 g/mol. The van der Waals surface area contributed by atoms with Gasteiger partial charge < -0.3 is 9.47 Å². The number of carbonyl (C=O) groups excluding carboxylic acids is 1. The van der Waals surface area contributed by atoms with E-state index in [9.17, 15) is 4.79 Å². The lowest BCUT2D eigenvalue weighted by Crippen LogP contribution is -2.37. The third-order valence-electron chi connectivity index (χ3n) is 5.32. The first-order chi connectivity index (χ1) is 15.1. The fourth-order valence-corrected chi connectivity index (χ4v) is 4.91. The number of ether oxygens (including phenoxy) is 2. The predicted molar refractivity (Wildman–Crippen MR) is 127 cm³/mol. The van der Waals surface area contributed by atoms with E-state index in [1.807, 2.05) is 42.5 Å². The molecule has 0 aliphatic carbocycles. The van der Waals surface area contributed by atoms with Crippen LogP contribution in [-0.4, -0.2) is 36.8 Å². The van der Waals surface area contributed by atoms with Crippen molar-refractivity contribution in [1.29, 1.82) is 0 Å². The van der Waals surface area contributed by atoms with Gasteiger partial charge in [-0.1, -0.05) is 48.8 Å². The van der Waals surface area contributed by atoms with Gasteiger partial charge in [0.25, 0.3) is 5.91 Å². The predicted octanol–water partition coefficient (Wildman–Crippen LogP) is 6.34. The van der Waals surface area contributed by atoms with Gasteiger partial charge in [0.1, 0.15) is 5.75 Å². The molecule has 2 heterocycles. The minimum Gasteiger partial charge on any atom is -0.494 e. The number of hydrogen-bond acceptors (Lipinski definition) is 5. The zero-order valence-corrected chi connectivity index (χ0v) is 19.3. The lowest BCUT2D eigenvalue weighted by molar-refractivity contribution is 0.0917. The van der Waals surface area contributed by atoms with Gasteiger partial charge in [0, 0.05) is 17.2 Å². The third kappa shape index (κ3) is 5.56. The molecule has 4 rings (SSSR count). The minimum absolute atomic E-state index is 0.0213. The molecule has 1 unspecified atom stereocenters. The summed E-state index contributed by atoms with van der Waals surface area (Å²) < 4.78 is 12.6. The molecule has 0 N–H and O–H groups in total. The Hall–Kier alpha value is -2.15. The first-order valence-electron chi connectivity index (χ1n) is 10.9. The fourth-order valence-electron chi connectivity index (χ4n) is 3.66. The van der Waals surface area contributed by atoms with Crippen molar-refractivity contribution in [2.45, 2.75) is 45.1 Å². The van der Waals surface area contributed by atoms with Gasteiger partial charge >= 0.3 is 0 Å². The second-order valence-electron chi connectivity index (χ2n) is 7.74. The number of benzene rings is 2. The summed E-state index contributed by atoms with van der Waals surface area (Å²) in [5.41, 5.74) is 1.42. The van der Waals surface area contributed by atoms with E-state index < -0.39 is 0 Å². The number of amides is 1. The van der Waals surface area contributed by atoms with Crippen molar-refractivity contribution in [1.82, 2.24) is 4.98 Å². The van der Waals surface area contributed by atoms with Gasteiger partial charge in [-0.2, -0.15) is 0 Å². The van der Waals surface area contributed by atoms with Crippen LogP contribution >= 0.6 is 22.9 Å². The smallest absolute Gasteiger partial charge is 0.260 e. The van der Waals surface area contributed by atoms with Crippen molar-refractivity contribution in [3.05, 3.63) is 53.1 Å². The Morgan fingerprint density at radius 2 is 2.19 bits per heavy atom. The van der Waals surface area contributed by atoms with Crippen molar-refractivity contribution in [3.8, 4) is 5.75 Å². The van der Waals surface area contributed by atoms with E-state index in [0.717, 1.165) is 54.7 Å². The highest BCUT2D eigenvalue weighted by atomic mass is 35.5. The van der Waals surface area contributed by atoms with Gasteiger partial charge in [0.15, 0.2) is 5.13 Å². The number of anilines is 1. The molecule has 2 aromatic carbocycles. The van der Waals surface area contributed by atoms with Crippen LogP contribution in [0.1, 0.15) is 49.4 Å². The molecule has 1 saturated heterocycles. The molecule has 1 atom stereocenters. The topological polar surface area (TPSA) is 51.7 Å². The molecule has 0 spiro atoms. The summed E-state index contributed by atoms with van der Waals surface area (Å²) in [7, 11) is 0. The molecule has 5 nitrogen and oxygen atoms in total. The minimum atomic E-state index is -0.0975. The molecule has 0 radical (unpaired) electrons. The van der Waals surface area contributed by atoms with Crippen molar-refractivity contribution < 1.29 is 14.3 Å². The second kappa shape index (κ2) is 10.4. The summed E-state index contributed by atoms with van der Waals surface area (Å²) in [4.78, 5) is 20.0. The molecule has 164 valence electrons. The van der Waals surface area contributed by atoms with Crippen LogP contribution in [0, 0.1) is 0 Å². The molecule has 1 amide bonds. The molecule has 31 heavy (non-hydrogen) atoms.